The highest BCUT2D eigenvalue weighted by Gasteiger charge is 2.64. The number of benzene rings is 3. The largest absolute Gasteiger partial charge is 0.489 e. The predicted molar refractivity (Wildman–Crippen MR) is 207 cm³/mol. The molecule has 3 fully saturated rings. The Morgan fingerprint density at radius 1 is 0.927 bits per heavy atom. The van der Waals surface area contributed by atoms with Gasteiger partial charge in [-0.1, -0.05) is 45.4 Å². The fourth-order valence-corrected chi connectivity index (χ4v) is 10.3. The first-order valence-corrected chi connectivity index (χ1v) is 19.6. The number of hydrogen-bond acceptors (Lipinski definition) is 8. The molecule has 4 aliphatic heterocycles. The van der Waals surface area contributed by atoms with E-state index >= 15 is 0 Å². The van der Waals surface area contributed by atoms with Crippen LogP contribution in [-0.2, 0) is 29.2 Å². The first-order valence-electron chi connectivity index (χ1n) is 19.3. The number of carbonyl (C=O) groups excluding carboxylic acids is 4. The summed E-state index contributed by atoms with van der Waals surface area (Å²) in [6.45, 7) is 13.4. The quantitative estimate of drug-likeness (QED) is 0.275. The summed E-state index contributed by atoms with van der Waals surface area (Å²) in [7, 11) is 0. The molecule has 1 atom stereocenters. The summed E-state index contributed by atoms with van der Waals surface area (Å²) in [6.07, 6.45) is 2.61. The fourth-order valence-electron chi connectivity index (χ4n) is 10.0. The summed E-state index contributed by atoms with van der Waals surface area (Å²) in [5.74, 6) is 0.290. The molecule has 0 bridgehead atoms. The number of nitrogens with one attached hydrogen (secondary N) is 2. The van der Waals surface area contributed by atoms with Crippen molar-refractivity contribution in [3.8, 4) is 11.8 Å². The van der Waals surface area contributed by atoms with Crippen LogP contribution in [0.5, 0.6) is 5.75 Å². The Morgan fingerprint density at radius 3 is 2.27 bits per heavy atom. The molecule has 5 aliphatic rings. The zero-order valence-corrected chi connectivity index (χ0v) is 32.5. The van der Waals surface area contributed by atoms with E-state index in [0.29, 0.717) is 46.3 Å². The lowest BCUT2D eigenvalue weighted by Crippen LogP contribution is -2.74. The molecule has 4 amide bonds. The third kappa shape index (κ3) is 6.74. The van der Waals surface area contributed by atoms with E-state index < -0.39 is 6.04 Å². The predicted octanol–water partition coefficient (Wildman–Crippen LogP) is 5.82. The van der Waals surface area contributed by atoms with Crippen LogP contribution in [0.2, 0.25) is 5.02 Å². The van der Waals surface area contributed by atoms with Gasteiger partial charge in [0, 0.05) is 85.4 Å². The topological polar surface area (TPSA) is 135 Å². The standard InChI is InChI=1S/C43H47ClN6O5/c1-42(2)40(43(3,4)41(42)55-32-10-7-27(20-45)34(44)19-32)47-37(52)26-5-8-31(9-6-26)49-15-13-25(14-16-49)21-48-22-28-17-30-24-50(35-11-12-36(51)46-38(35)53)39(54)33(30)18-29(28)23-48/h5-10,17-19,25,35,40-41H,11-16,21-24H2,1-4H3,(H,47,52)(H,46,51,53)/t35?,40-,41-. The molecule has 8 rings (SSSR count). The molecular formula is C43H47ClN6O5. The van der Waals surface area contributed by atoms with Crippen LogP contribution in [0.1, 0.15) is 96.3 Å². The number of imide groups is 1. The summed E-state index contributed by atoms with van der Waals surface area (Å²) in [4.78, 5) is 57.4. The fraction of sp³-hybridized carbons (Fsp3) is 0.465. The summed E-state index contributed by atoms with van der Waals surface area (Å²) >= 11 is 6.25. The normalized spacial score (nSPS) is 24.4. The maximum atomic E-state index is 13.5. The van der Waals surface area contributed by atoms with Gasteiger partial charge in [0.2, 0.25) is 11.8 Å². The lowest BCUT2D eigenvalue weighted by Gasteiger charge is -2.63. The molecule has 12 heteroatoms. The van der Waals surface area contributed by atoms with Crippen molar-refractivity contribution in [2.75, 3.05) is 24.5 Å². The van der Waals surface area contributed by atoms with E-state index in [1.54, 1.807) is 23.1 Å². The maximum absolute atomic E-state index is 13.5. The number of fused-ring (bicyclic) bond motifs is 2. The van der Waals surface area contributed by atoms with Gasteiger partial charge in [-0.3, -0.25) is 29.4 Å². The number of halogens is 1. The third-order valence-corrected chi connectivity index (χ3v) is 13.0. The van der Waals surface area contributed by atoms with E-state index in [2.05, 4.69) is 60.3 Å². The van der Waals surface area contributed by atoms with Crippen molar-refractivity contribution in [2.24, 2.45) is 16.7 Å². The van der Waals surface area contributed by atoms with Crippen LogP contribution >= 0.6 is 11.6 Å². The van der Waals surface area contributed by atoms with Gasteiger partial charge in [0.15, 0.2) is 0 Å². The summed E-state index contributed by atoms with van der Waals surface area (Å²) < 4.78 is 6.38. The van der Waals surface area contributed by atoms with Crippen LogP contribution in [0.3, 0.4) is 0 Å². The second-order valence-corrected chi connectivity index (χ2v) is 17.5. The Kier molecular flexibility index (Phi) is 9.41. The highest BCUT2D eigenvalue weighted by molar-refractivity contribution is 6.31. The van der Waals surface area contributed by atoms with Gasteiger partial charge < -0.3 is 19.9 Å². The van der Waals surface area contributed by atoms with Crippen LogP contribution in [0, 0.1) is 28.1 Å². The molecule has 0 aromatic heterocycles. The number of nitriles is 1. The van der Waals surface area contributed by atoms with Crippen molar-refractivity contribution in [1.82, 2.24) is 20.4 Å². The van der Waals surface area contributed by atoms with Crippen LogP contribution in [0.4, 0.5) is 5.69 Å². The van der Waals surface area contributed by atoms with Crippen molar-refractivity contribution < 1.29 is 23.9 Å². The highest BCUT2D eigenvalue weighted by Crippen LogP contribution is 2.55. The molecule has 11 nitrogen and oxygen atoms in total. The zero-order chi connectivity index (χ0) is 38.8. The molecule has 55 heavy (non-hydrogen) atoms. The van der Waals surface area contributed by atoms with Gasteiger partial charge in [-0.05, 0) is 84.3 Å². The van der Waals surface area contributed by atoms with E-state index in [1.165, 1.54) is 11.1 Å². The highest BCUT2D eigenvalue weighted by atomic mass is 35.5. The van der Waals surface area contributed by atoms with Crippen molar-refractivity contribution in [3.63, 3.8) is 0 Å². The second-order valence-electron chi connectivity index (χ2n) is 17.1. The number of rotatable bonds is 8. The molecule has 2 N–H and O–H groups in total. The van der Waals surface area contributed by atoms with Crippen molar-refractivity contribution >= 4 is 40.9 Å². The summed E-state index contributed by atoms with van der Waals surface area (Å²) in [5, 5.41) is 15.2. The SMILES string of the molecule is CC1(C)[C@H](NC(=O)c2ccc(N3CCC(CN4Cc5cc6c(cc5C4)C(=O)N(C4CCC(=O)NC4=O)C6)CC3)cc2)C(C)(C)[C@H]1Oc1ccc(C#N)c(Cl)c1. The maximum Gasteiger partial charge on any atom is 0.255 e. The molecule has 1 aliphatic carbocycles. The van der Waals surface area contributed by atoms with E-state index in [9.17, 15) is 24.4 Å². The monoisotopic (exact) mass is 762 g/mol. The van der Waals surface area contributed by atoms with Crippen LogP contribution < -0.4 is 20.3 Å². The number of anilines is 1. The molecule has 3 aromatic rings. The Labute approximate surface area is 326 Å². The van der Waals surface area contributed by atoms with Crippen LogP contribution in [0.25, 0.3) is 0 Å². The van der Waals surface area contributed by atoms with Gasteiger partial charge in [0.1, 0.15) is 24.0 Å². The van der Waals surface area contributed by atoms with Crippen molar-refractivity contribution in [3.05, 3.63) is 93.0 Å². The number of hydrogen-bond donors (Lipinski definition) is 2. The van der Waals surface area contributed by atoms with Gasteiger partial charge in [-0.15, -0.1) is 0 Å². The Hall–Kier alpha value is -4.92. The summed E-state index contributed by atoms with van der Waals surface area (Å²) in [6, 6.07) is 18.6. The molecular weight excluding hydrogens is 716 g/mol. The molecule has 2 saturated heterocycles. The lowest BCUT2D eigenvalue weighted by molar-refractivity contribution is -0.164. The molecule has 1 saturated carbocycles. The minimum Gasteiger partial charge on any atom is -0.489 e. The molecule has 0 spiro atoms. The van der Waals surface area contributed by atoms with E-state index in [1.807, 2.05) is 30.3 Å². The number of ether oxygens (including phenoxy) is 1. The minimum absolute atomic E-state index is 0.107. The van der Waals surface area contributed by atoms with Crippen LogP contribution in [-0.4, -0.2) is 71.3 Å². The first-order chi connectivity index (χ1) is 26.2. The average molecular weight is 763 g/mol. The van der Waals surface area contributed by atoms with Gasteiger partial charge in [-0.25, -0.2) is 0 Å². The van der Waals surface area contributed by atoms with Crippen molar-refractivity contribution in [2.45, 2.75) is 91.2 Å². The molecule has 0 radical (unpaired) electrons. The lowest BCUT2D eigenvalue weighted by atomic mass is 9.49. The summed E-state index contributed by atoms with van der Waals surface area (Å²) in [5.41, 5.74) is 5.54. The third-order valence-electron chi connectivity index (χ3n) is 12.7. The van der Waals surface area contributed by atoms with Gasteiger partial charge >= 0.3 is 0 Å². The zero-order valence-electron chi connectivity index (χ0n) is 31.8. The number of amides is 4. The molecule has 3 aromatic carbocycles. The smallest absolute Gasteiger partial charge is 0.255 e. The van der Waals surface area contributed by atoms with Gasteiger partial charge in [-0.2, -0.15) is 5.26 Å². The first kappa shape index (κ1) is 37.0. The average Bonchev–Trinajstić information content (AvgIpc) is 3.70. The second kappa shape index (κ2) is 14.0. The minimum atomic E-state index is -0.594. The van der Waals surface area contributed by atoms with E-state index in [0.717, 1.165) is 56.8 Å². The number of nitrogens with zero attached hydrogens (tertiary/aromatic N) is 4. The Balaban J connectivity index is 0.812. The Morgan fingerprint density at radius 2 is 1.62 bits per heavy atom. The number of piperidine rings is 2. The number of carbonyl (C=O) groups is 4. The van der Waals surface area contributed by atoms with Crippen LogP contribution in [0.15, 0.2) is 54.6 Å². The molecule has 4 heterocycles. The van der Waals surface area contributed by atoms with Crippen molar-refractivity contribution in [1.29, 1.82) is 5.26 Å². The molecule has 286 valence electrons. The Bertz CT molecular complexity index is 2100. The molecule has 1 unspecified atom stereocenters. The van der Waals surface area contributed by atoms with E-state index in [-0.39, 0.29) is 53.0 Å². The van der Waals surface area contributed by atoms with Gasteiger partial charge in [0.05, 0.1) is 10.6 Å². The van der Waals surface area contributed by atoms with Gasteiger partial charge in [0.25, 0.3) is 11.8 Å². The van der Waals surface area contributed by atoms with E-state index in [4.69, 9.17) is 16.3 Å².